The van der Waals surface area contributed by atoms with Gasteiger partial charge in [0.2, 0.25) is 5.91 Å². The maximum absolute atomic E-state index is 12.0. The molecule has 1 aliphatic heterocycles. The Morgan fingerprint density at radius 3 is 2.36 bits per heavy atom. The Hall–Kier alpha value is -1.90. The highest BCUT2D eigenvalue weighted by molar-refractivity contribution is 8.16. The van der Waals surface area contributed by atoms with Crippen LogP contribution in [0.1, 0.15) is 59.8 Å². The highest BCUT2D eigenvalue weighted by Gasteiger charge is 2.40. The second-order valence-electron chi connectivity index (χ2n) is 10.9. The topological polar surface area (TPSA) is 110 Å². The fourth-order valence-electron chi connectivity index (χ4n) is 4.72. The lowest BCUT2D eigenvalue weighted by Crippen LogP contribution is -2.47. The molecule has 0 spiro atoms. The zero-order valence-corrected chi connectivity index (χ0v) is 22.8. The highest BCUT2D eigenvalue weighted by Crippen LogP contribution is 2.48. The molecule has 1 saturated heterocycles. The molecule has 0 radical (unpaired) electrons. The smallest absolute Gasteiger partial charge is 0.227 e. The maximum atomic E-state index is 12.0. The predicted octanol–water partition coefficient (Wildman–Crippen LogP) is 2.81. The molecule has 1 fully saturated rings. The number of aryl methyl sites for hydroxylation is 2. The van der Waals surface area contributed by atoms with Crippen LogP contribution in [0.3, 0.4) is 0 Å². The SMILES string of the molecule is Cc1ccc([C@H]2[C@H](O)[C@H](O)[C@H](O)C[SH]2C)cc1Cc1ccc(CCCCNC(=O)C(C)(C)CO)cc1. The molecule has 5 N–H and O–H groups in total. The van der Waals surface area contributed by atoms with Gasteiger partial charge < -0.3 is 25.7 Å². The number of carbonyl (C=O) groups excluding carboxylic acids is 1. The Morgan fingerprint density at radius 2 is 1.69 bits per heavy atom. The minimum Gasteiger partial charge on any atom is -0.395 e. The Kier molecular flexibility index (Phi) is 10.0. The zero-order valence-electron chi connectivity index (χ0n) is 21.9. The Labute approximate surface area is 218 Å². The van der Waals surface area contributed by atoms with Crippen molar-refractivity contribution in [2.45, 2.75) is 70.0 Å². The van der Waals surface area contributed by atoms with Gasteiger partial charge in [-0.2, -0.15) is 0 Å². The number of thiol groups is 1. The van der Waals surface area contributed by atoms with Crippen LogP contribution in [-0.4, -0.2) is 69.8 Å². The summed E-state index contributed by atoms with van der Waals surface area (Å²) in [7, 11) is -0.636. The van der Waals surface area contributed by atoms with Crippen LogP contribution in [0.25, 0.3) is 0 Å². The van der Waals surface area contributed by atoms with Crippen molar-refractivity contribution >= 4 is 16.8 Å². The van der Waals surface area contributed by atoms with Crippen LogP contribution in [0.2, 0.25) is 0 Å². The van der Waals surface area contributed by atoms with Gasteiger partial charge in [-0.15, -0.1) is 0 Å². The first-order chi connectivity index (χ1) is 17.0. The van der Waals surface area contributed by atoms with E-state index < -0.39 is 34.6 Å². The Morgan fingerprint density at radius 1 is 1.03 bits per heavy atom. The molecule has 36 heavy (non-hydrogen) atoms. The monoisotopic (exact) mass is 517 g/mol. The van der Waals surface area contributed by atoms with E-state index in [1.165, 1.54) is 22.3 Å². The summed E-state index contributed by atoms with van der Waals surface area (Å²) in [6.07, 6.45) is 2.78. The van der Waals surface area contributed by atoms with E-state index in [-0.39, 0.29) is 17.8 Å². The van der Waals surface area contributed by atoms with Crippen LogP contribution in [0.4, 0.5) is 0 Å². The number of rotatable bonds is 10. The molecule has 1 aliphatic rings. The first kappa shape index (κ1) is 28.7. The van der Waals surface area contributed by atoms with E-state index in [1.807, 2.05) is 6.07 Å². The van der Waals surface area contributed by atoms with Crippen molar-refractivity contribution in [2.24, 2.45) is 5.41 Å². The van der Waals surface area contributed by atoms with Crippen molar-refractivity contribution in [3.05, 3.63) is 70.3 Å². The second-order valence-corrected chi connectivity index (χ2v) is 13.3. The van der Waals surface area contributed by atoms with E-state index in [9.17, 15) is 25.2 Å². The summed E-state index contributed by atoms with van der Waals surface area (Å²) in [4.78, 5) is 12.0. The summed E-state index contributed by atoms with van der Waals surface area (Å²) in [6.45, 7) is 6.01. The molecule has 1 heterocycles. The number of benzene rings is 2. The summed E-state index contributed by atoms with van der Waals surface area (Å²) in [5, 5.41) is 42.9. The van der Waals surface area contributed by atoms with Crippen molar-refractivity contribution in [1.82, 2.24) is 5.32 Å². The number of hydrogen-bond acceptors (Lipinski definition) is 5. The quantitative estimate of drug-likeness (QED) is 0.215. The van der Waals surface area contributed by atoms with Gasteiger partial charge in [0.1, 0.15) is 6.10 Å². The molecule has 3 rings (SSSR count). The van der Waals surface area contributed by atoms with Gasteiger partial charge in [0.15, 0.2) is 0 Å². The molecule has 2 aromatic carbocycles. The van der Waals surface area contributed by atoms with E-state index in [0.717, 1.165) is 31.2 Å². The minimum atomic E-state index is -1.10. The van der Waals surface area contributed by atoms with Crippen LogP contribution >= 0.6 is 10.9 Å². The van der Waals surface area contributed by atoms with Gasteiger partial charge in [0, 0.05) is 17.5 Å². The number of nitrogens with one attached hydrogen (secondary N) is 1. The maximum Gasteiger partial charge on any atom is 0.227 e. The van der Waals surface area contributed by atoms with Crippen molar-refractivity contribution < 1.29 is 25.2 Å². The number of hydrogen-bond donors (Lipinski definition) is 6. The normalized spacial score (nSPS) is 25.5. The molecule has 6 nitrogen and oxygen atoms in total. The number of aliphatic hydroxyl groups excluding tert-OH is 4. The molecule has 0 bridgehead atoms. The molecule has 2 aromatic rings. The van der Waals surface area contributed by atoms with Crippen molar-refractivity contribution in [2.75, 3.05) is 25.2 Å². The molecule has 7 heteroatoms. The Bertz CT molecular complexity index is 1010. The molecule has 200 valence electrons. The van der Waals surface area contributed by atoms with Crippen LogP contribution in [-0.2, 0) is 17.6 Å². The summed E-state index contributed by atoms with van der Waals surface area (Å²) in [6, 6.07) is 14.9. The van der Waals surface area contributed by atoms with Gasteiger partial charge in [-0.3, -0.25) is 4.79 Å². The molecular weight excluding hydrogens is 474 g/mol. The standard InChI is InChI=1S/C29H43NO5S/c1-19-8-13-22(27-26(34)25(33)24(32)17-36(27)4)16-23(19)15-21-11-9-20(10-12-21)7-5-6-14-30-28(35)29(2,3)18-31/h8-13,16,24-27,31-34,36H,5-7,14-15,17-18H2,1-4H3,(H,30,35)/t24-,25-,26-,27+/m1/s1. The zero-order chi connectivity index (χ0) is 26.5. The molecule has 1 amide bonds. The van der Waals surface area contributed by atoms with Gasteiger partial charge in [0.05, 0.1) is 24.2 Å². The van der Waals surface area contributed by atoms with Crippen LogP contribution in [0.5, 0.6) is 0 Å². The molecule has 0 saturated carbocycles. The number of carbonyl (C=O) groups is 1. The van der Waals surface area contributed by atoms with Crippen LogP contribution in [0, 0.1) is 12.3 Å². The fraction of sp³-hybridized carbons (Fsp3) is 0.552. The third-order valence-corrected chi connectivity index (χ3v) is 9.84. The van der Waals surface area contributed by atoms with Crippen molar-refractivity contribution in [3.63, 3.8) is 0 Å². The van der Waals surface area contributed by atoms with Crippen LogP contribution < -0.4 is 5.32 Å². The molecule has 5 atom stereocenters. The van der Waals surface area contributed by atoms with Gasteiger partial charge in [-0.25, -0.2) is 10.9 Å². The third kappa shape index (κ3) is 7.11. The van der Waals surface area contributed by atoms with E-state index in [4.69, 9.17) is 0 Å². The predicted molar refractivity (Wildman–Crippen MR) is 148 cm³/mol. The third-order valence-electron chi connectivity index (χ3n) is 7.34. The average Bonchev–Trinajstić information content (AvgIpc) is 2.85. The van der Waals surface area contributed by atoms with Gasteiger partial charge >= 0.3 is 0 Å². The Balaban J connectivity index is 1.55. The lowest BCUT2D eigenvalue weighted by molar-refractivity contribution is -0.131. The van der Waals surface area contributed by atoms with Crippen molar-refractivity contribution in [1.29, 1.82) is 0 Å². The number of aliphatic hydroxyl groups is 4. The lowest BCUT2D eigenvalue weighted by atomic mass is 9.93. The van der Waals surface area contributed by atoms with E-state index in [2.05, 4.69) is 54.9 Å². The fourth-order valence-corrected chi connectivity index (χ4v) is 7.12. The van der Waals surface area contributed by atoms with Crippen LogP contribution in [0.15, 0.2) is 42.5 Å². The minimum absolute atomic E-state index is 0.115. The molecular formula is C29H43NO5S. The first-order valence-corrected chi connectivity index (χ1v) is 14.9. The number of unbranched alkanes of at least 4 members (excludes halogenated alkanes) is 1. The van der Waals surface area contributed by atoms with Gasteiger partial charge in [-0.05, 0) is 80.5 Å². The average molecular weight is 518 g/mol. The van der Waals surface area contributed by atoms with E-state index in [0.29, 0.717) is 12.3 Å². The van der Waals surface area contributed by atoms with E-state index >= 15 is 0 Å². The summed E-state index contributed by atoms with van der Waals surface area (Å²) >= 11 is 0. The highest BCUT2D eigenvalue weighted by atomic mass is 32.2. The van der Waals surface area contributed by atoms with Crippen molar-refractivity contribution in [3.8, 4) is 0 Å². The number of amides is 1. The molecule has 0 aromatic heterocycles. The summed E-state index contributed by atoms with van der Waals surface area (Å²) in [5.74, 6) is 0.423. The largest absolute Gasteiger partial charge is 0.395 e. The molecule has 1 unspecified atom stereocenters. The summed E-state index contributed by atoms with van der Waals surface area (Å²) in [5.41, 5.74) is 5.18. The second kappa shape index (κ2) is 12.6. The molecule has 0 aliphatic carbocycles. The first-order valence-electron chi connectivity index (χ1n) is 12.8. The van der Waals surface area contributed by atoms with Gasteiger partial charge in [0.25, 0.3) is 0 Å². The summed E-state index contributed by atoms with van der Waals surface area (Å²) < 4.78 is 0. The van der Waals surface area contributed by atoms with Gasteiger partial charge in [-0.1, -0.05) is 42.5 Å². The lowest BCUT2D eigenvalue weighted by Gasteiger charge is -2.42. The van der Waals surface area contributed by atoms with E-state index in [1.54, 1.807) is 13.8 Å².